The van der Waals surface area contributed by atoms with E-state index in [1.165, 1.54) is 6.42 Å². The van der Waals surface area contributed by atoms with Gasteiger partial charge in [-0.3, -0.25) is 0 Å². The number of likely N-dealkylation sites (tertiary alicyclic amines) is 1. The van der Waals surface area contributed by atoms with Crippen molar-refractivity contribution in [2.75, 3.05) is 20.7 Å². The van der Waals surface area contributed by atoms with Crippen LogP contribution in [-0.2, 0) is 4.74 Å². The molecule has 0 amide bonds. The van der Waals surface area contributed by atoms with Gasteiger partial charge in [0.15, 0.2) is 0 Å². The average molecular weight is 157 g/mol. The Morgan fingerprint density at radius 3 is 2.55 bits per heavy atom. The molecule has 0 aromatic carbocycles. The molecular formula is C9H19NO. The first kappa shape index (κ1) is 9.01. The van der Waals surface area contributed by atoms with Crippen LogP contribution in [0.1, 0.15) is 26.7 Å². The maximum Gasteiger partial charge on any atom is 0.0601 e. The van der Waals surface area contributed by atoms with Crippen molar-refractivity contribution in [1.29, 1.82) is 0 Å². The first-order chi connectivity index (χ1) is 5.06. The zero-order valence-electron chi connectivity index (χ0n) is 8.05. The van der Waals surface area contributed by atoms with Gasteiger partial charge in [-0.05, 0) is 33.7 Å². The lowest BCUT2D eigenvalue weighted by Gasteiger charge is -2.43. The Balaban J connectivity index is 2.52. The van der Waals surface area contributed by atoms with Crippen molar-refractivity contribution >= 4 is 0 Å². The smallest absolute Gasteiger partial charge is 0.0601 e. The zero-order chi connectivity index (χ0) is 8.48. The largest absolute Gasteiger partial charge is 0.381 e. The van der Waals surface area contributed by atoms with E-state index in [0.717, 1.165) is 13.0 Å². The summed E-state index contributed by atoms with van der Waals surface area (Å²) in [4.78, 5) is 2.41. The molecule has 11 heavy (non-hydrogen) atoms. The van der Waals surface area contributed by atoms with Crippen LogP contribution in [-0.4, -0.2) is 37.2 Å². The minimum Gasteiger partial charge on any atom is -0.381 e. The standard InChI is InChI=1S/C9H19NO/c1-9(2)7-8(11-4)5-6-10(9)3/h8H,5-7H2,1-4H3. The highest BCUT2D eigenvalue weighted by molar-refractivity contribution is 4.87. The summed E-state index contributed by atoms with van der Waals surface area (Å²) >= 11 is 0. The zero-order valence-corrected chi connectivity index (χ0v) is 8.05. The van der Waals surface area contributed by atoms with Crippen LogP contribution in [0.25, 0.3) is 0 Å². The summed E-state index contributed by atoms with van der Waals surface area (Å²) in [5.74, 6) is 0. The maximum atomic E-state index is 5.35. The maximum absolute atomic E-state index is 5.35. The number of hydrogen-bond donors (Lipinski definition) is 0. The van der Waals surface area contributed by atoms with Crippen LogP contribution in [0.2, 0.25) is 0 Å². The van der Waals surface area contributed by atoms with Crippen molar-refractivity contribution in [2.45, 2.75) is 38.3 Å². The minimum atomic E-state index is 0.318. The second kappa shape index (κ2) is 3.11. The van der Waals surface area contributed by atoms with E-state index < -0.39 is 0 Å². The van der Waals surface area contributed by atoms with Crippen molar-refractivity contribution in [2.24, 2.45) is 0 Å². The molecule has 2 nitrogen and oxygen atoms in total. The van der Waals surface area contributed by atoms with Gasteiger partial charge >= 0.3 is 0 Å². The van der Waals surface area contributed by atoms with E-state index in [2.05, 4.69) is 25.8 Å². The summed E-state index contributed by atoms with van der Waals surface area (Å²) < 4.78 is 5.35. The van der Waals surface area contributed by atoms with Crippen molar-refractivity contribution in [3.05, 3.63) is 0 Å². The monoisotopic (exact) mass is 157 g/mol. The summed E-state index contributed by atoms with van der Waals surface area (Å²) in [6.45, 7) is 5.71. The Labute approximate surface area is 69.5 Å². The third-order valence-electron chi connectivity index (χ3n) is 2.88. The fraction of sp³-hybridized carbons (Fsp3) is 1.00. The Bertz CT molecular complexity index is 134. The molecule has 0 spiro atoms. The van der Waals surface area contributed by atoms with Crippen molar-refractivity contribution in [1.82, 2.24) is 4.90 Å². The molecule has 0 aliphatic carbocycles. The lowest BCUT2D eigenvalue weighted by molar-refractivity contribution is -0.0119. The Morgan fingerprint density at radius 1 is 1.45 bits per heavy atom. The number of ether oxygens (including phenoxy) is 1. The number of piperidine rings is 1. The third kappa shape index (κ3) is 1.94. The fourth-order valence-electron chi connectivity index (χ4n) is 1.66. The molecule has 0 aromatic heterocycles. The van der Waals surface area contributed by atoms with E-state index in [1.807, 2.05) is 7.11 Å². The van der Waals surface area contributed by atoms with E-state index in [0.29, 0.717) is 11.6 Å². The first-order valence-electron chi connectivity index (χ1n) is 4.30. The molecule has 1 unspecified atom stereocenters. The second-order valence-corrected chi connectivity index (χ2v) is 4.08. The van der Waals surface area contributed by atoms with Gasteiger partial charge in [0.05, 0.1) is 6.10 Å². The summed E-state index contributed by atoms with van der Waals surface area (Å²) in [7, 11) is 4.00. The highest BCUT2D eigenvalue weighted by Gasteiger charge is 2.31. The van der Waals surface area contributed by atoms with Crippen LogP contribution in [0.3, 0.4) is 0 Å². The molecule has 1 rings (SSSR count). The highest BCUT2D eigenvalue weighted by Crippen LogP contribution is 2.26. The Hall–Kier alpha value is -0.0800. The van der Waals surface area contributed by atoms with Gasteiger partial charge in [0.1, 0.15) is 0 Å². The quantitative estimate of drug-likeness (QED) is 0.572. The van der Waals surface area contributed by atoms with Crippen LogP contribution in [0.4, 0.5) is 0 Å². The van der Waals surface area contributed by atoms with Gasteiger partial charge in [0, 0.05) is 19.2 Å². The molecule has 0 bridgehead atoms. The van der Waals surface area contributed by atoms with Crippen LogP contribution in [0.5, 0.6) is 0 Å². The summed E-state index contributed by atoms with van der Waals surface area (Å²) in [6.07, 6.45) is 2.80. The molecule has 0 N–H and O–H groups in total. The molecule has 66 valence electrons. The van der Waals surface area contributed by atoms with E-state index in [9.17, 15) is 0 Å². The topological polar surface area (TPSA) is 12.5 Å². The van der Waals surface area contributed by atoms with Gasteiger partial charge in [-0.1, -0.05) is 0 Å². The Kier molecular flexibility index (Phi) is 2.55. The predicted octanol–water partition coefficient (Wildman–Crippen LogP) is 1.51. The fourth-order valence-corrected chi connectivity index (χ4v) is 1.66. The van der Waals surface area contributed by atoms with E-state index in [-0.39, 0.29) is 0 Å². The molecule has 0 saturated carbocycles. The molecule has 1 aliphatic rings. The van der Waals surface area contributed by atoms with Crippen molar-refractivity contribution < 1.29 is 4.74 Å². The van der Waals surface area contributed by atoms with Gasteiger partial charge in [0.25, 0.3) is 0 Å². The number of hydrogen-bond acceptors (Lipinski definition) is 2. The number of rotatable bonds is 1. The molecule has 1 saturated heterocycles. The summed E-state index contributed by atoms with van der Waals surface area (Å²) in [5, 5.41) is 0. The van der Waals surface area contributed by atoms with Crippen LogP contribution < -0.4 is 0 Å². The molecular weight excluding hydrogens is 138 g/mol. The molecule has 1 aliphatic heterocycles. The Morgan fingerprint density at radius 2 is 2.09 bits per heavy atom. The lowest BCUT2D eigenvalue weighted by Crippen LogP contribution is -2.49. The number of methoxy groups -OCH3 is 1. The molecule has 1 atom stereocenters. The average Bonchev–Trinajstić information content (AvgIpc) is 1.95. The second-order valence-electron chi connectivity index (χ2n) is 4.08. The van der Waals surface area contributed by atoms with Crippen LogP contribution in [0, 0.1) is 0 Å². The molecule has 0 aromatic rings. The SMILES string of the molecule is COC1CCN(C)C(C)(C)C1. The van der Waals surface area contributed by atoms with Gasteiger partial charge in [-0.25, -0.2) is 0 Å². The molecule has 0 radical (unpaired) electrons. The van der Waals surface area contributed by atoms with Crippen molar-refractivity contribution in [3.63, 3.8) is 0 Å². The lowest BCUT2D eigenvalue weighted by atomic mass is 9.89. The van der Waals surface area contributed by atoms with E-state index in [1.54, 1.807) is 0 Å². The predicted molar refractivity (Wildman–Crippen MR) is 46.7 cm³/mol. The van der Waals surface area contributed by atoms with Crippen LogP contribution in [0.15, 0.2) is 0 Å². The van der Waals surface area contributed by atoms with E-state index >= 15 is 0 Å². The normalized spacial score (nSPS) is 32.2. The third-order valence-corrected chi connectivity index (χ3v) is 2.88. The van der Waals surface area contributed by atoms with Crippen LogP contribution >= 0.6 is 0 Å². The van der Waals surface area contributed by atoms with E-state index in [4.69, 9.17) is 4.74 Å². The molecule has 1 heterocycles. The van der Waals surface area contributed by atoms with Gasteiger partial charge in [0.2, 0.25) is 0 Å². The van der Waals surface area contributed by atoms with Gasteiger partial charge in [-0.2, -0.15) is 0 Å². The summed E-state index contributed by atoms with van der Waals surface area (Å²) in [6, 6.07) is 0. The van der Waals surface area contributed by atoms with Gasteiger partial charge in [-0.15, -0.1) is 0 Å². The van der Waals surface area contributed by atoms with Crippen molar-refractivity contribution in [3.8, 4) is 0 Å². The summed E-state index contributed by atoms with van der Waals surface area (Å²) in [5.41, 5.74) is 0.318. The number of nitrogens with zero attached hydrogens (tertiary/aromatic N) is 1. The minimum absolute atomic E-state index is 0.318. The molecule has 2 heteroatoms. The van der Waals surface area contributed by atoms with Gasteiger partial charge < -0.3 is 9.64 Å². The highest BCUT2D eigenvalue weighted by atomic mass is 16.5. The first-order valence-corrected chi connectivity index (χ1v) is 4.30. The molecule has 1 fully saturated rings.